The highest BCUT2D eigenvalue weighted by atomic mass is 35.5. The Hall–Kier alpha value is -2.64. The van der Waals surface area contributed by atoms with Crippen LogP contribution in [0.3, 0.4) is 0 Å². The first-order valence-corrected chi connectivity index (χ1v) is 13.6. The van der Waals surface area contributed by atoms with E-state index < -0.39 is 21.9 Å². The van der Waals surface area contributed by atoms with Crippen LogP contribution in [0.5, 0.6) is 0 Å². The Labute approximate surface area is 213 Å². The fraction of sp³-hybridized carbons (Fsp3) is 0.250. The average molecular weight is 512 g/mol. The van der Waals surface area contributed by atoms with Gasteiger partial charge in [-0.15, -0.1) is 0 Å². The van der Waals surface area contributed by atoms with Crippen molar-refractivity contribution in [3.8, 4) is 5.69 Å². The molecule has 7 heteroatoms. The third-order valence-corrected chi connectivity index (χ3v) is 11.1. The van der Waals surface area contributed by atoms with Gasteiger partial charge in [-0.25, -0.2) is 9.37 Å². The molecular formula is C28H31ClFN3OS. The molecule has 4 nitrogen and oxygen atoms in total. The lowest BCUT2D eigenvalue weighted by Crippen LogP contribution is -2.30. The Kier molecular flexibility index (Phi) is 7.67. The number of halogens is 2. The molecule has 1 aromatic heterocycles. The second kappa shape index (κ2) is 10.5. The molecule has 1 heterocycles. The van der Waals surface area contributed by atoms with Crippen LogP contribution in [-0.2, 0) is 4.74 Å². The number of rotatable bonds is 8. The van der Waals surface area contributed by atoms with Crippen molar-refractivity contribution in [2.75, 3.05) is 12.5 Å². The largest absolute Gasteiger partial charge is 0.370 e. The highest BCUT2D eigenvalue weighted by Gasteiger charge is 2.40. The SMILES string of the molecule is CC(C)(C)S(COC[C@H](N)c1nccn1-c1ccc(F)c(Cl)c1)(c1ccccc1)c1ccccc1. The van der Waals surface area contributed by atoms with E-state index in [1.54, 1.807) is 24.5 Å². The predicted molar refractivity (Wildman–Crippen MR) is 143 cm³/mol. The summed E-state index contributed by atoms with van der Waals surface area (Å²) in [6.07, 6.45) is 3.46. The van der Waals surface area contributed by atoms with Crippen LogP contribution in [0.4, 0.5) is 4.39 Å². The summed E-state index contributed by atoms with van der Waals surface area (Å²) in [5, 5.41) is 0.0521. The summed E-state index contributed by atoms with van der Waals surface area (Å²) in [5.74, 6) is 0.692. The monoisotopic (exact) mass is 511 g/mol. The van der Waals surface area contributed by atoms with Crippen molar-refractivity contribution in [1.82, 2.24) is 9.55 Å². The Morgan fingerprint density at radius 1 is 1.00 bits per heavy atom. The Morgan fingerprint density at radius 2 is 1.60 bits per heavy atom. The van der Waals surface area contributed by atoms with Crippen molar-refractivity contribution in [3.05, 3.63) is 108 Å². The van der Waals surface area contributed by atoms with Gasteiger partial charge < -0.3 is 15.0 Å². The third kappa shape index (κ3) is 5.16. The molecule has 4 aromatic rings. The number of benzene rings is 3. The van der Waals surface area contributed by atoms with Gasteiger partial charge in [-0.1, -0.05) is 68.8 Å². The molecule has 0 bridgehead atoms. The predicted octanol–water partition coefficient (Wildman–Crippen LogP) is 7.36. The number of nitrogens with two attached hydrogens (primary N) is 1. The number of nitrogens with zero attached hydrogens (tertiary/aromatic N) is 2. The minimum atomic E-state index is -1.57. The summed E-state index contributed by atoms with van der Waals surface area (Å²) < 4.78 is 21.8. The third-order valence-electron chi connectivity index (χ3n) is 6.08. The van der Waals surface area contributed by atoms with Gasteiger partial charge in [0.15, 0.2) is 0 Å². The van der Waals surface area contributed by atoms with Gasteiger partial charge in [0, 0.05) is 22.8 Å². The summed E-state index contributed by atoms with van der Waals surface area (Å²) in [7, 11) is -1.57. The van der Waals surface area contributed by atoms with Crippen LogP contribution in [-0.4, -0.2) is 26.8 Å². The lowest BCUT2D eigenvalue weighted by molar-refractivity contribution is 0.160. The molecule has 0 fully saturated rings. The van der Waals surface area contributed by atoms with Crippen molar-refractivity contribution < 1.29 is 9.13 Å². The summed E-state index contributed by atoms with van der Waals surface area (Å²) in [6.45, 7) is 7.11. The highest BCUT2D eigenvalue weighted by molar-refractivity contribution is 8.34. The summed E-state index contributed by atoms with van der Waals surface area (Å²) in [5.41, 5.74) is 7.25. The van der Waals surface area contributed by atoms with E-state index in [2.05, 4.69) is 74.3 Å². The second-order valence-corrected chi connectivity index (χ2v) is 13.6. The average Bonchev–Trinajstić information content (AvgIpc) is 3.34. The topological polar surface area (TPSA) is 53.1 Å². The van der Waals surface area contributed by atoms with Crippen LogP contribution < -0.4 is 5.73 Å². The van der Waals surface area contributed by atoms with Crippen LogP contribution in [0, 0.1) is 5.82 Å². The Bertz CT molecular complexity index is 1220. The first-order chi connectivity index (χ1) is 16.7. The van der Waals surface area contributed by atoms with Crippen molar-refractivity contribution in [2.45, 2.75) is 41.4 Å². The molecule has 0 spiro atoms. The van der Waals surface area contributed by atoms with Gasteiger partial charge in [-0.2, -0.15) is 10.0 Å². The molecule has 0 aliphatic heterocycles. The Balaban J connectivity index is 1.61. The van der Waals surface area contributed by atoms with E-state index in [1.807, 2.05) is 16.7 Å². The molecule has 0 saturated carbocycles. The summed E-state index contributed by atoms with van der Waals surface area (Å²) >= 11 is 5.99. The molecule has 184 valence electrons. The smallest absolute Gasteiger partial charge is 0.141 e. The van der Waals surface area contributed by atoms with E-state index in [4.69, 9.17) is 22.1 Å². The molecule has 0 amide bonds. The van der Waals surface area contributed by atoms with E-state index in [0.29, 0.717) is 17.5 Å². The molecule has 0 radical (unpaired) electrons. The van der Waals surface area contributed by atoms with Gasteiger partial charge in [0.05, 0.1) is 23.6 Å². The zero-order valence-electron chi connectivity index (χ0n) is 20.2. The fourth-order valence-electron chi connectivity index (χ4n) is 4.28. The van der Waals surface area contributed by atoms with E-state index in [1.165, 1.54) is 15.9 Å². The zero-order chi connectivity index (χ0) is 25.1. The summed E-state index contributed by atoms with van der Waals surface area (Å²) in [6, 6.07) is 25.3. The number of hydrogen-bond donors (Lipinski definition) is 1. The molecule has 0 saturated heterocycles. The fourth-order valence-corrected chi connectivity index (χ4v) is 8.36. The Morgan fingerprint density at radius 3 is 2.14 bits per heavy atom. The highest BCUT2D eigenvalue weighted by Crippen LogP contribution is 2.70. The van der Waals surface area contributed by atoms with E-state index in [-0.39, 0.29) is 16.4 Å². The lowest BCUT2D eigenvalue weighted by atomic mass is 10.2. The van der Waals surface area contributed by atoms with Gasteiger partial charge in [-0.05, 0) is 52.3 Å². The maximum absolute atomic E-state index is 13.7. The standard InChI is InChI=1S/C28H31ClFN3OS/c1-28(2,3)35(22-10-6-4-7-11-22,23-12-8-5-9-13-23)20-34-19-26(31)27-32-16-17-33(27)21-14-15-25(30)24(29)18-21/h4-18,26H,19-20,31H2,1-3H3/t26-/m0/s1. The molecular weight excluding hydrogens is 481 g/mol. The van der Waals surface area contributed by atoms with Gasteiger partial charge >= 0.3 is 0 Å². The first-order valence-electron chi connectivity index (χ1n) is 11.5. The number of hydrogen-bond acceptors (Lipinski definition) is 3. The maximum atomic E-state index is 13.7. The van der Waals surface area contributed by atoms with Crippen molar-refractivity contribution in [1.29, 1.82) is 0 Å². The van der Waals surface area contributed by atoms with Crippen LogP contribution in [0.15, 0.2) is 101 Å². The molecule has 4 rings (SSSR count). The van der Waals surface area contributed by atoms with Crippen molar-refractivity contribution in [2.24, 2.45) is 5.73 Å². The number of imidazole rings is 1. The minimum absolute atomic E-state index is 0.0521. The minimum Gasteiger partial charge on any atom is -0.370 e. The molecule has 2 N–H and O–H groups in total. The number of ether oxygens (including phenoxy) is 1. The zero-order valence-corrected chi connectivity index (χ0v) is 21.8. The van der Waals surface area contributed by atoms with Crippen LogP contribution >= 0.6 is 21.6 Å². The van der Waals surface area contributed by atoms with Gasteiger partial charge in [0.2, 0.25) is 0 Å². The van der Waals surface area contributed by atoms with Crippen molar-refractivity contribution in [3.63, 3.8) is 0 Å². The van der Waals surface area contributed by atoms with Gasteiger partial charge in [0.1, 0.15) is 11.6 Å². The lowest BCUT2D eigenvalue weighted by Gasteiger charge is -2.51. The van der Waals surface area contributed by atoms with E-state index >= 15 is 0 Å². The van der Waals surface area contributed by atoms with Crippen molar-refractivity contribution >= 4 is 21.6 Å². The molecule has 3 aromatic carbocycles. The van der Waals surface area contributed by atoms with E-state index in [0.717, 1.165) is 0 Å². The van der Waals surface area contributed by atoms with Gasteiger partial charge in [-0.3, -0.25) is 0 Å². The second-order valence-electron chi connectivity index (χ2n) is 9.33. The van der Waals surface area contributed by atoms with Crippen LogP contribution in [0.2, 0.25) is 5.02 Å². The molecule has 35 heavy (non-hydrogen) atoms. The molecule has 0 aliphatic rings. The summed E-state index contributed by atoms with van der Waals surface area (Å²) in [4.78, 5) is 7.00. The van der Waals surface area contributed by atoms with Crippen LogP contribution in [0.1, 0.15) is 32.6 Å². The molecule has 0 aliphatic carbocycles. The van der Waals surface area contributed by atoms with Gasteiger partial charge in [0.25, 0.3) is 0 Å². The maximum Gasteiger partial charge on any atom is 0.141 e. The normalized spacial score (nSPS) is 13.5. The molecule has 1 atom stereocenters. The van der Waals surface area contributed by atoms with E-state index in [9.17, 15) is 4.39 Å². The molecule has 0 unspecified atom stereocenters. The number of aromatic nitrogens is 2. The quantitative estimate of drug-likeness (QED) is 0.269. The van der Waals surface area contributed by atoms with Crippen LogP contribution in [0.25, 0.3) is 5.69 Å². The first kappa shape index (κ1) is 25.5.